The van der Waals surface area contributed by atoms with Gasteiger partial charge in [-0.05, 0) is 0 Å². The van der Waals surface area contributed by atoms with Crippen LogP contribution in [0.5, 0.6) is 0 Å². The van der Waals surface area contributed by atoms with Gasteiger partial charge in [-0.1, -0.05) is 0 Å². The molecule has 0 spiro atoms. The molecule has 0 radical (unpaired) electrons. The van der Waals surface area contributed by atoms with Crippen LogP contribution in [0.3, 0.4) is 0 Å². The van der Waals surface area contributed by atoms with E-state index in [0.717, 1.165) is 0 Å². The van der Waals surface area contributed by atoms with Crippen molar-refractivity contribution >= 4 is 32.9 Å². The van der Waals surface area contributed by atoms with Gasteiger partial charge in [0.25, 0.3) is 0 Å². The zero-order valence-electron chi connectivity index (χ0n) is 13.5. The summed E-state index contributed by atoms with van der Waals surface area (Å²) < 4.78 is 18.9. The first kappa shape index (κ1) is 19.6. The van der Waals surface area contributed by atoms with E-state index in [1.54, 1.807) is 0 Å². The molecule has 0 N–H and O–H groups in total. The van der Waals surface area contributed by atoms with Crippen molar-refractivity contribution in [3.05, 3.63) is 0 Å². The van der Waals surface area contributed by atoms with Crippen molar-refractivity contribution in [2.45, 2.75) is 45.8 Å². The van der Waals surface area contributed by atoms with E-state index in [1.165, 1.54) is 0 Å². The third-order valence-electron chi connectivity index (χ3n) is 1.81. The fourth-order valence-corrected chi connectivity index (χ4v) is 23.1. The fraction of sp³-hybridized carbons (Fsp3) is 1.00. The zero-order chi connectivity index (χ0) is 14.8. The molecule has 0 rings (SSSR count). The number of rotatable bonds is 7. The van der Waals surface area contributed by atoms with Gasteiger partial charge in [0, 0.05) is 0 Å². The summed E-state index contributed by atoms with van der Waals surface area (Å²) in [5, 5.41) is 0. The van der Waals surface area contributed by atoms with Gasteiger partial charge in [0.15, 0.2) is 0 Å². The van der Waals surface area contributed by atoms with E-state index in [4.69, 9.17) is 12.1 Å². The minimum absolute atomic E-state index is 0.124. The Balaban J connectivity index is 4.66. The van der Waals surface area contributed by atoms with Gasteiger partial charge in [-0.15, -0.1) is 0 Å². The molecule has 0 unspecified atom stereocenters. The van der Waals surface area contributed by atoms with Crippen molar-refractivity contribution in [1.82, 2.24) is 0 Å². The summed E-state index contributed by atoms with van der Waals surface area (Å²) in [7, 11) is -6.54. The van der Waals surface area contributed by atoms with Crippen LogP contribution in [-0.2, 0) is 12.1 Å². The quantitative estimate of drug-likeness (QED) is 0.334. The van der Waals surface area contributed by atoms with E-state index in [0.29, 0.717) is 0 Å². The van der Waals surface area contributed by atoms with Crippen LogP contribution in [0, 0.1) is 0 Å². The Kier molecular flexibility index (Phi) is 7.17. The monoisotopic (exact) mass is 441 g/mol. The standard InChI is InChI=1S/C10H30IO3SSi3/c1-11-15(2,3)12-17(7,8)14-18(9,10)13-16(4,5)6/h1-10H3/q-1. The van der Waals surface area contributed by atoms with Crippen LogP contribution in [0.2, 0.25) is 45.8 Å². The molecule has 0 saturated carbocycles. The van der Waals surface area contributed by atoms with Gasteiger partial charge in [0.1, 0.15) is 0 Å². The Labute approximate surface area is 127 Å². The molecule has 114 valence electrons. The predicted octanol–water partition coefficient (Wildman–Crippen LogP) is 0.888. The average molecular weight is 442 g/mol. The molecule has 0 aromatic rings. The van der Waals surface area contributed by atoms with Gasteiger partial charge < -0.3 is 0 Å². The second-order valence-corrected chi connectivity index (χ2v) is 30.1. The summed E-state index contributed by atoms with van der Waals surface area (Å²) in [6.07, 6.45) is 4.51. The van der Waals surface area contributed by atoms with Crippen LogP contribution >= 0.6 is 7.48 Å². The van der Waals surface area contributed by atoms with E-state index in [9.17, 15) is 0 Å². The molecule has 18 heavy (non-hydrogen) atoms. The molecular weight excluding hydrogens is 411 g/mol. The number of alkyl halides is 1. The van der Waals surface area contributed by atoms with E-state index >= 15 is 0 Å². The van der Waals surface area contributed by atoms with Crippen LogP contribution in [0.25, 0.3) is 0 Å². The number of hydrogen-bond acceptors (Lipinski definition) is 3. The van der Waals surface area contributed by atoms with Crippen molar-refractivity contribution in [2.75, 3.05) is 17.4 Å². The Morgan fingerprint density at radius 3 is 1.56 bits per heavy atom. The second kappa shape index (κ2) is 6.58. The molecule has 0 aliphatic rings. The Morgan fingerprint density at radius 1 is 0.778 bits per heavy atom. The molecule has 0 amide bonds. The molecule has 0 aliphatic carbocycles. The van der Waals surface area contributed by atoms with Crippen LogP contribution in [-0.4, -0.2) is 42.9 Å². The minimum atomic E-state index is -2.07. The van der Waals surface area contributed by atoms with Crippen molar-refractivity contribution in [1.29, 1.82) is 0 Å². The van der Waals surface area contributed by atoms with Crippen molar-refractivity contribution in [2.24, 2.45) is 0 Å². The molecular formula is C10H30IO3SSi3-. The van der Waals surface area contributed by atoms with Crippen molar-refractivity contribution < 1.29 is 31.9 Å². The summed E-state index contributed by atoms with van der Waals surface area (Å²) in [6.45, 7) is 15.3. The fourth-order valence-electron chi connectivity index (χ4n) is 1.88. The molecule has 0 aliphatic heterocycles. The topological polar surface area (TPSA) is 27.7 Å². The second-order valence-electron chi connectivity index (χ2n) is 6.47. The predicted molar refractivity (Wildman–Crippen MR) is 86.9 cm³/mol. The Hall–Kier alpha value is 1.61. The molecule has 0 heterocycles. The van der Waals surface area contributed by atoms with Crippen LogP contribution in [0.1, 0.15) is 0 Å². The van der Waals surface area contributed by atoms with E-state index in [-0.39, 0.29) is 19.8 Å². The molecule has 0 fully saturated rings. The summed E-state index contributed by atoms with van der Waals surface area (Å²) in [5.74, 6) is 0. The molecule has 8 heteroatoms. The van der Waals surface area contributed by atoms with E-state index in [2.05, 4.69) is 63.3 Å². The van der Waals surface area contributed by atoms with Gasteiger partial charge in [-0.3, -0.25) is 0 Å². The SMILES string of the molecule is C[I-]S(C)(C)O[Si](C)(C)O[Si](C)(C)O[Si](C)(C)C. The summed E-state index contributed by atoms with van der Waals surface area (Å²) >= 11 is 0.124. The van der Waals surface area contributed by atoms with Crippen molar-refractivity contribution in [3.8, 4) is 0 Å². The van der Waals surface area contributed by atoms with Gasteiger partial charge in [-0.25, -0.2) is 0 Å². The first-order valence-electron chi connectivity index (χ1n) is 6.04. The van der Waals surface area contributed by atoms with Gasteiger partial charge >= 0.3 is 128 Å². The molecule has 0 bridgehead atoms. The van der Waals surface area contributed by atoms with Crippen LogP contribution < -0.4 is 19.8 Å². The summed E-state index contributed by atoms with van der Waals surface area (Å²) in [5.41, 5.74) is 0. The molecule has 0 atom stereocenters. The summed E-state index contributed by atoms with van der Waals surface area (Å²) in [6, 6.07) is 0. The van der Waals surface area contributed by atoms with Crippen LogP contribution in [0.15, 0.2) is 0 Å². The normalized spacial score (nSPS) is 16.1. The number of hydrogen-bond donors (Lipinski definition) is 0. The van der Waals surface area contributed by atoms with Crippen molar-refractivity contribution in [3.63, 3.8) is 0 Å². The maximum atomic E-state index is 6.35. The summed E-state index contributed by atoms with van der Waals surface area (Å²) in [4.78, 5) is 2.29. The Morgan fingerprint density at radius 2 is 1.22 bits per heavy atom. The molecule has 0 aromatic heterocycles. The van der Waals surface area contributed by atoms with Gasteiger partial charge in [0.05, 0.1) is 0 Å². The molecule has 0 saturated heterocycles. The van der Waals surface area contributed by atoms with Crippen LogP contribution in [0.4, 0.5) is 0 Å². The van der Waals surface area contributed by atoms with E-state index in [1.807, 2.05) is 0 Å². The zero-order valence-corrected chi connectivity index (χ0v) is 19.5. The Bertz CT molecular complexity index is 280. The third kappa shape index (κ3) is 9.50. The van der Waals surface area contributed by atoms with E-state index < -0.39 is 32.9 Å². The maximum absolute atomic E-state index is 6.35. The third-order valence-corrected chi connectivity index (χ3v) is 22.1. The number of halogens is 1. The first-order chi connectivity index (χ1) is 7.68. The molecule has 0 aromatic carbocycles. The van der Waals surface area contributed by atoms with Gasteiger partial charge in [-0.2, -0.15) is 0 Å². The molecule has 3 nitrogen and oxygen atoms in total. The average Bonchev–Trinajstić information content (AvgIpc) is 1.93. The van der Waals surface area contributed by atoms with Gasteiger partial charge in [0.2, 0.25) is 0 Å². The first-order valence-corrected chi connectivity index (χ1v) is 22.2.